The van der Waals surface area contributed by atoms with Crippen LogP contribution in [-0.4, -0.2) is 34.4 Å². The first kappa shape index (κ1) is 16.8. The van der Waals surface area contributed by atoms with Crippen LogP contribution in [0.25, 0.3) is 0 Å². The van der Waals surface area contributed by atoms with E-state index >= 15 is 0 Å². The van der Waals surface area contributed by atoms with Gasteiger partial charge in [-0.25, -0.2) is 0 Å². The fourth-order valence-electron chi connectivity index (χ4n) is 2.83. The van der Waals surface area contributed by atoms with Gasteiger partial charge in [0.1, 0.15) is 5.69 Å². The summed E-state index contributed by atoms with van der Waals surface area (Å²) in [6, 6.07) is 1.13. The number of nitro groups is 1. The van der Waals surface area contributed by atoms with Crippen molar-refractivity contribution >= 4 is 28.9 Å². The maximum absolute atomic E-state index is 12.8. The molecule has 24 heavy (non-hydrogen) atoms. The number of anilines is 1. The smallest absolute Gasteiger partial charge is 0.374 e. The average molecular weight is 364 g/mol. The first-order valence-electron chi connectivity index (χ1n) is 7.28. The summed E-state index contributed by atoms with van der Waals surface area (Å²) in [4.78, 5) is 23.8. The van der Waals surface area contributed by atoms with Crippen molar-refractivity contribution in [1.82, 2.24) is 4.90 Å². The number of carbonyl (C=O) groups is 1. The molecule has 1 aliphatic carbocycles. The summed E-state index contributed by atoms with van der Waals surface area (Å²) in [6.07, 6.45) is -2.77. The lowest BCUT2D eigenvalue weighted by molar-refractivity contribution is -0.384. The molecule has 1 N–H and O–H groups in total. The van der Waals surface area contributed by atoms with Crippen molar-refractivity contribution in [1.29, 1.82) is 0 Å². The Hall–Kier alpha value is -2.03. The van der Waals surface area contributed by atoms with Gasteiger partial charge in [-0.1, -0.05) is 11.6 Å². The van der Waals surface area contributed by atoms with E-state index in [1.807, 2.05) is 0 Å². The third kappa shape index (κ3) is 3.26. The number of likely N-dealkylation sites (tertiary alicyclic amines) is 1. The van der Waals surface area contributed by atoms with Crippen molar-refractivity contribution in [3.8, 4) is 0 Å². The molecule has 1 atom stereocenters. The van der Waals surface area contributed by atoms with Crippen LogP contribution >= 0.6 is 11.6 Å². The number of halogens is 4. The van der Waals surface area contributed by atoms with Gasteiger partial charge >= 0.3 is 6.18 Å². The predicted octanol–water partition coefficient (Wildman–Crippen LogP) is 3.44. The van der Waals surface area contributed by atoms with Gasteiger partial charge in [-0.05, 0) is 18.9 Å². The van der Waals surface area contributed by atoms with E-state index in [-0.39, 0.29) is 24.1 Å². The number of carbonyl (C=O) groups excluding carboxylic acids is 1. The minimum atomic E-state index is -4.79. The molecule has 2 fully saturated rings. The standard InChI is InChI=1S/C14H13ClF3N3O3/c15-10-5-11(12(21(23)24)4-9(10)14(16,17)18)19-7-3-13(22)20(6-7)8-1-2-8/h4-5,7-8,19H,1-3,6H2. The third-order valence-corrected chi connectivity index (χ3v) is 4.41. The quantitative estimate of drug-likeness (QED) is 0.656. The molecule has 2 aliphatic rings. The van der Waals surface area contributed by atoms with Crippen LogP contribution < -0.4 is 5.32 Å². The highest BCUT2D eigenvalue weighted by Crippen LogP contribution is 2.41. The Morgan fingerprint density at radius 1 is 1.33 bits per heavy atom. The number of alkyl halides is 3. The van der Waals surface area contributed by atoms with Gasteiger partial charge in [-0.15, -0.1) is 0 Å². The second kappa shape index (κ2) is 5.80. The topological polar surface area (TPSA) is 75.5 Å². The summed E-state index contributed by atoms with van der Waals surface area (Å²) >= 11 is 5.63. The lowest BCUT2D eigenvalue weighted by atomic mass is 10.1. The summed E-state index contributed by atoms with van der Waals surface area (Å²) in [5, 5.41) is 13.3. The molecule has 1 aromatic rings. The van der Waals surface area contributed by atoms with Gasteiger partial charge in [-0.3, -0.25) is 14.9 Å². The van der Waals surface area contributed by atoms with E-state index in [2.05, 4.69) is 5.32 Å². The summed E-state index contributed by atoms with van der Waals surface area (Å²) < 4.78 is 38.5. The first-order valence-corrected chi connectivity index (χ1v) is 7.65. The molecule has 1 aromatic carbocycles. The molecule has 1 amide bonds. The minimum Gasteiger partial charge on any atom is -0.374 e. The second-order valence-electron chi connectivity index (χ2n) is 5.93. The molecule has 10 heteroatoms. The van der Waals surface area contributed by atoms with E-state index in [1.165, 1.54) is 0 Å². The number of amides is 1. The van der Waals surface area contributed by atoms with Crippen LogP contribution in [0.15, 0.2) is 12.1 Å². The van der Waals surface area contributed by atoms with E-state index in [4.69, 9.17) is 11.6 Å². The molecular formula is C14H13ClF3N3O3. The Morgan fingerprint density at radius 2 is 2.00 bits per heavy atom. The highest BCUT2D eigenvalue weighted by molar-refractivity contribution is 6.31. The summed E-state index contributed by atoms with van der Waals surface area (Å²) in [6.45, 7) is 0.374. The van der Waals surface area contributed by atoms with Crippen LogP contribution in [-0.2, 0) is 11.0 Å². The van der Waals surface area contributed by atoms with Crippen molar-refractivity contribution < 1.29 is 22.9 Å². The highest BCUT2D eigenvalue weighted by atomic mass is 35.5. The van der Waals surface area contributed by atoms with Gasteiger partial charge in [0.15, 0.2) is 0 Å². The zero-order valence-corrected chi connectivity index (χ0v) is 13.0. The SMILES string of the molecule is O=C1CC(Nc2cc(Cl)c(C(F)(F)F)cc2[N+](=O)[O-])CN1C1CC1. The lowest BCUT2D eigenvalue weighted by Gasteiger charge is -2.18. The fourth-order valence-corrected chi connectivity index (χ4v) is 3.10. The van der Waals surface area contributed by atoms with Crippen molar-refractivity contribution in [2.75, 3.05) is 11.9 Å². The van der Waals surface area contributed by atoms with Crippen LogP contribution in [0.3, 0.4) is 0 Å². The predicted molar refractivity (Wildman–Crippen MR) is 79.9 cm³/mol. The second-order valence-corrected chi connectivity index (χ2v) is 6.33. The van der Waals surface area contributed by atoms with Crippen molar-refractivity contribution in [2.45, 2.75) is 37.5 Å². The molecule has 1 aliphatic heterocycles. The number of hydrogen-bond acceptors (Lipinski definition) is 4. The molecule has 130 valence electrons. The number of hydrogen-bond donors (Lipinski definition) is 1. The van der Waals surface area contributed by atoms with Gasteiger partial charge in [0, 0.05) is 25.1 Å². The molecule has 1 saturated heterocycles. The minimum absolute atomic E-state index is 0.0596. The molecule has 0 bridgehead atoms. The molecular weight excluding hydrogens is 351 g/mol. The van der Waals surface area contributed by atoms with E-state index in [9.17, 15) is 28.1 Å². The zero-order valence-electron chi connectivity index (χ0n) is 12.3. The van der Waals surface area contributed by atoms with E-state index in [0.29, 0.717) is 12.6 Å². The van der Waals surface area contributed by atoms with E-state index in [1.54, 1.807) is 4.90 Å². The monoisotopic (exact) mass is 363 g/mol. The molecule has 0 spiro atoms. The van der Waals surface area contributed by atoms with Crippen molar-refractivity contribution in [3.05, 3.63) is 32.8 Å². The Morgan fingerprint density at radius 3 is 2.54 bits per heavy atom. The Bertz CT molecular complexity index is 706. The molecule has 1 saturated carbocycles. The first-order chi connectivity index (χ1) is 11.2. The van der Waals surface area contributed by atoms with E-state index in [0.717, 1.165) is 18.9 Å². The molecule has 1 unspecified atom stereocenters. The molecule has 1 heterocycles. The Labute approximate surface area is 139 Å². The lowest BCUT2D eigenvalue weighted by Crippen LogP contribution is -2.29. The van der Waals surface area contributed by atoms with Gasteiger partial charge in [-0.2, -0.15) is 13.2 Å². The maximum atomic E-state index is 12.8. The highest BCUT2D eigenvalue weighted by Gasteiger charge is 2.40. The number of rotatable bonds is 4. The van der Waals surface area contributed by atoms with Gasteiger partial charge in [0.2, 0.25) is 5.91 Å². The average Bonchev–Trinajstić information content (AvgIpc) is 3.21. The van der Waals surface area contributed by atoms with Crippen LogP contribution in [0.5, 0.6) is 0 Å². The number of nitro benzene ring substituents is 1. The largest absolute Gasteiger partial charge is 0.418 e. The number of benzene rings is 1. The van der Waals surface area contributed by atoms with Crippen LogP contribution in [0.1, 0.15) is 24.8 Å². The summed E-state index contributed by atoms with van der Waals surface area (Å²) in [7, 11) is 0. The van der Waals surface area contributed by atoms with Gasteiger partial charge in [0.25, 0.3) is 5.69 Å². The molecule has 3 rings (SSSR count). The summed E-state index contributed by atoms with van der Waals surface area (Å²) in [5.74, 6) is -0.0596. The third-order valence-electron chi connectivity index (χ3n) is 4.09. The van der Waals surface area contributed by atoms with Crippen LogP contribution in [0.4, 0.5) is 24.5 Å². The number of nitrogens with zero attached hydrogens (tertiary/aromatic N) is 2. The molecule has 0 aromatic heterocycles. The Balaban J connectivity index is 1.86. The van der Waals surface area contributed by atoms with Crippen LogP contribution in [0, 0.1) is 10.1 Å². The number of nitrogens with one attached hydrogen (secondary N) is 1. The van der Waals surface area contributed by atoms with Crippen LogP contribution in [0.2, 0.25) is 5.02 Å². The fraction of sp³-hybridized carbons (Fsp3) is 0.500. The summed E-state index contributed by atoms with van der Waals surface area (Å²) in [5.41, 5.74) is -2.10. The zero-order chi connectivity index (χ0) is 17.6. The van der Waals surface area contributed by atoms with E-state index < -0.39 is 33.4 Å². The van der Waals surface area contributed by atoms with Gasteiger partial charge in [0.05, 0.1) is 21.6 Å². The maximum Gasteiger partial charge on any atom is 0.418 e. The molecule has 0 radical (unpaired) electrons. The van der Waals surface area contributed by atoms with Gasteiger partial charge < -0.3 is 10.2 Å². The normalized spacial score (nSPS) is 21.2. The van der Waals surface area contributed by atoms with Crippen molar-refractivity contribution in [3.63, 3.8) is 0 Å². The Kier molecular flexibility index (Phi) is 4.06. The molecule has 6 nitrogen and oxygen atoms in total. The van der Waals surface area contributed by atoms with Crippen molar-refractivity contribution in [2.24, 2.45) is 0 Å².